The zero-order valence-electron chi connectivity index (χ0n) is 12.8. The Morgan fingerprint density at radius 2 is 2.18 bits per heavy atom. The average Bonchev–Trinajstić information content (AvgIpc) is 3.28. The van der Waals surface area contributed by atoms with Crippen molar-refractivity contribution in [3.8, 4) is 0 Å². The molecule has 2 aromatic heterocycles. The Morgan fingerprint density at radius 3 is 2.91 bits per heavy atom. The quantitative estimate of drug-likeness (QED) is 0.632. The highest BCUT2D eigenvalue weighted by Gasteiger charge is 2.16. The fourth-order valence-electron chi connectivity index (χ4n) is 2.73. The average molecular weight is 317 g/mol. The third kappa shape index (κ3) is 4.63. The van der Waals surface area contributed by atoms with Gasteiger partial charge in [0.25, 0.3) is 0 Å². The molecule has 1 aliphatic rings. The van der Waals surface area contributed by atoms with Gasteiger partial charge in [0, 0.05) is 23.9 Å². The molecular formula is C17H23N3OS. The molecule has 0 spiro atoms. The Morgan fingerprint density at radius 1 is 1.27 bits per heavy atom. The largest absolute Gasteiger partial charge is 0.469 e. The van der Waals surface area contributed by atoms with E-state index in [4.69, 9.17) is 9.41 Å². The van der Waals surface area contributed by atoms with E-state index in [0.717, 1.165) is 31.2 Å². The minimum absolute atomic E-state index is 0.568. The Hall–Kier alpha value is -1.75. The van der Waals surface area contributed by atoms with Crippen molar-refractivity contribution in [2.75, 3.05) is 6.54 Å². The summed E-state index contributed by atoms with van der Waals surface area (Å²) < 4.78 is 5.37. The first-order valence-corrected chi connectivity index (χ1v) is 8.88. The van der Waals surface area contributed by atoms with Crippen LogP contribution >= 0.6 is 11.3 Å². The van der Waals surface area contributed by atoms with E-state index in [-0.39, 0.29) is 0 Å². The summed E-state index contributed by atoms with van der Waals surface area (Å²) in [4.78, 5) is 6.01. The Bertz CT molecular complexity index is 557. The standard InChI is InChI=1S/C17H23N3OS/c1-2-6-14(5-1)20-17(19-13-16-8-4-12-22-16)18-10-9-15-7-3-11-21-15/h3-4,7-8,11-12,14H,1-2,5-6,9-10,13H2,(H2,18,19,20). The van der Waals surface area contributed by atoms with Gasteiger partial charge in [-0.25, -0.2) is 4.99 Å². The number of nitrogens with one attached hydrogen (secondary N) is 2. The maximum atomic E-state index is 5.37. The lowest BCUT2D eigenvalue weighted by Crippen LogP contribution is -2.43. The van der Waals surface area contributed by atoms with E-state index in [0.29, 0.717) is 6.04 Å². The summed E-state index contributed by atoms with van der Waals surface area (Å²) >= 11 is 1.75. The van der Waals surface area contributed by atoms with Crippen molar-refractivity contribution in [1.82, 2.24) is 10.6 Å². The maximum absolute atomic E-state index is 5.37. The van der Waals surface area contributed by atoms with Gasteiger partial charge < -0.3 is 15.1 Å². The number of thiophene rings is 1. The molecule has 1 fully saturated rings. The Kier molecular flexibility index (Phi) is 5.54. The van der Waals surface area contributed by atoms with Gasteiger partial charge in [-0.3, -0.25) is 0 Å². The summed E-state index contributed by atoms with van der Waals surface area (Å²) in [5.41, 5.74) is 0. The monoisotopic (exact) mass is 317 g/mol. The second kappa shape index (κ2) is 8.03. The molecule has 1 saturated carbocycles. The second-order valence-corrected chi connectivity index (χ2v) is 6.66. The van der Waals surface area contributed by atoms with Crippen molar-refractivity contribution in [1.29, 1.82) is 0 Å². The highest BCUT2D eigenvalue weighted by molar-refractivity contribution is 7.09. The number of rotatable bonds is 6. The van der Waals surface area contributed by atoms with E-state index >= 15 is 0 Å². The number of hydrogen-bond acceptors (Lipinski definition) is 3. The van der Waals surface area contributed by atoms with Gasteiger partial charge in [-0.2, -0.15) is 0 Å². The van der Waals surface area contributed by atoms with Crippen LogP contribution in [-0.2, 0) is 13.0 Å². The van der Waals surface area contributed by atoms with Crippen molar-refractivity contribution in [2.45, 2.75) is 44.7 Å². The Labute approximate surface area is 135 Å². The zero-order valence-corrected chi connectivity index (χ0v) is 13.6. The normalized spacial score (nSPS) is 16.1. The zero-order chi connectivity index (χ0) is 15.0. The smallest absolute Gasteiger partial charge is 0.191 e. The van der Waals surface area contributed by atoms with Gasteiger partial charge in [0.05, 0.1) is 12.8 Å². The van der Waals surface area contributed by atoms with Crippen LogP contribution in [0.4, 0.5) is 0 Å². The number of aliphatic imine (C=N–C) groups is 1. The molecule has 4 nitrogen and oxygen atoms in total. The van der Waals surface area contributed by atoms with E-state index in [1.807, 2.05) is 12.1 Å². The van der Waals surface area contributed by atoms with Gasteiger partial charge in [-0.1, -0.05) is 18.9 Å². The van der Waals surface area contributed by atoms with Crippen molar-refractivity contribution >= 4 is 17.3 Å². The van der Waals surface area contributed by atoms with E-state index < -0.39 is 0 Å². The fraction of sp³-hybridized carbons (Fsp3) is 0.471. The summed E-state index contributed by atoms with van der Waals surface area (Å²) in [5.74, 6) is 1.93. The van der Waals surface area contributed by atoms with Crippen LogP contribution in [0.25, 0.3) is 0 Å². The van der Waals surface area contributed by atoms with Gasteiger partial charge in [0.1, 0.15) is 5.76 Å². The summed E-state index contributed by atoms with van der Waals surface area (Å²) in [5, 5.41) is 9.10. The molecule has 2 heterocycles. The second-order valence-electron chi connectivity index (χ2n) is 5.63. The number of furan rings is 1. The van der Waals surface area contributed by atoms with Crippen LogP contribution in [0.1, 0.15) is 36.3 Å². The van der Waals surface area contributed by atoms with Crippen LogP contribution in [0.15, 0.2) is 45.3 Å². The highest BCUT2D eigenvalue weighted by atomic mass is 32.1. The lowest BCUT2D eigenvalue weighted by molar-refractivity contribution is 0.506. The molecule has 0 bridgehead atoms. The van der Waals surface area contributed by atoms with E-state index in [2.05, 4.69) is 28.1 Å². The van der Waals surface area contributed by atoms with Crippen LogP contribution in [0.3, 0.4) is 0 Å². The van der Waals surface area contributed by atoms with E-state index in [1.54, 1.807) is 17.6 Å². The van der Waals surface area contributed by atoms with Crippen LogP contribution in [0.2, 0.25) is 0 Å². The molecule has 0 aliphatic heterocycles. The molecule has 22 heavy (non-hydrogen) atoms. The number of guanidine groups is 1. The highest BCUT2D eigenvalue weighted by Crippen LogP contribution is 2.17. The number of nitrogens with zero attached hydrogens (tertiary/aromatic N) is 1. The molecule has 5 heteroatoms. The Balaban J connectivity index is 1.53. The molecule has 3 rings (SSSR count). The predicted octanol–water partition coefficient (Wildman–Crippen LogP) is 3.56. The van der Waals surface area contributed by atoms with Gasteiger partial charge in [0.15, 0.2) is 5.96 Å². The molecule has 0 saturated heterocycles. The first-order chi connectivity index (χ1) is 10.9. The molecule has 0 amide bonds. The number of hydrogen-bond donors (Lipinski definition) is 2. The summed E-state index contributed by atoms with van der Waals surface area (Å²) in [7, 11) is 0. The molecule has 118 valence electrons. The summed E-state index contributed by atoms with van der Waals surface area (Å²) in [6, 6.07) is 8.71. The maximum Gasteiger partial charge on any atom is 0.191 e. The lowest BCUT2D eigenvalue weighted by Gasteiger charge is -2.17. The molecule has 0 unspecified atom stereocenters. The van der Waals surface area contributed by atoms with Crippen molar-refractivity contribution < 1.29 is 4.42 Å². The van der Waals surface area contributed by atoms with E-state index in [9.17, 15) is 0 Å². The first-order valence-electron chi connectivity index (χ1n) is 8.00. The minimum atomic E-state index is 0.568. The fourth-order valence-corrected chi connectivity index (χ4v) is 3.36. The molecular weight excluding hydrogens is 294 g/mol. The van der Waals surface area contributed by atoms with Crippen LogP contribution < -0.4 is 10.6 Å². The molecule has 2 N–H and O–H groups in total. The lowest BCUT2D eigenvalue weighted by atomic mass is 10.2. The van der Waals surface area contributed by atoms with Crippen LogP contribution in [0, 0.1) is 0 Å². The van der Waals surface area contributed by atoms with Crippen molar-refractivity contribution in [3.63, 3.8) is 0 Å². The van der Waals surface area contributed by atoms with Crippen LogP contribution in [0.5, 0.6) is 0 Å². The summed E-state index contributed by atoms with van der Waals surface area (Å²) in [6.07, 6.45) is 7.73. The van der Waals surface area contributed by atoms with Crippen molar-refractivity contribution in [3.05, 3.63) is 46.5 Å². The molecule has 0 aromatic carbocycles. The van der Waals surface area contributed by atoms with Gasteiger partial charge in [-0.05, 0) is 36.4 Å². The topological polar surface area (TPSA) is 49.6 Å². The predicted molar refractivity (Wildman–Crippen MR) is 91.3 cm³/mol. The van der Waals surface area contributed by atoms with Gasteiger partial charge >= 0.3 is 0 Å². The van der Waals surface area contributed by atoms with E-state index in [1.165, 1.54) is 30.6 Å². The third-order valence-corrected chi connectivity index (χ3v) is 4.77. The summed E-state index contributed by atoms with van der Waals surface area (Å²) in [6.45, 7) is 1.57. The first kappa shape index (κ1) is 15.2. The van der Waals surface area contributed by atoms with Crippen LogP contribution in [-0.4, -0.2) is 18.5 Å². The SMILES string of the molecule is c1coc(CCNC(=NCc2cccs2)NC2CCCC2)c1. The van der Waals surface area contributed by atoms with Gasteiger partial charge in [-0.15, -0.1) is 11.3 Å². The molecule has 0 radical (unpaired) electrons. The van der Waals surface area contributed by atoms with Crippen molar-refractivity contribution in [2.24, 2.45) is 4.99 Å². The molecule has 1 aliphatic carbocycles. The minimum Gasteiger partial charge on any atom is -0.469 e. The molecule has 2 aromatic rings. The molecule has 0 atom stereocenters. The third-order valence-electron chi connectivity index (χ3n) is 3.91. The van der Waals surface area contributed by atoms with Gasteiger partial charge in [0.2, 0.25) is 0 Å².